The second-order valence-electron chi connectivity index (χ2n) is 0.292. The van der Waals surface area contributed by atoms with Crippen LogP contribution in [-0.4, -0.2) is 11.8 Å². The number of nitrogens with one attached hydrogen (secondary N) is 1. The third kappa shape index (κ3) is 1.85. The maximum atomic E-state index is 10.2. The first-order chi connectivity index (χ1) is 1.91. The molecule has 0 aromatic rings. The molecular weight excluding hydrogens is 61.0 g/mol. The van der Waals surface area contributed by atoms with Gasteiger partial charge in [0.15, 0.2) is 0 Å². The first kappa shape index (κ1) is 3.85. The van der Waals surface area contributed by atoms with Gasteiger partial charge in [0.05, 0.1) is 0 Å². The Kier molecular flexibility index (Phi) is 2.74. The van der Waals surface area contributed by atoms with Gasteiger partial charge in [-0.2, -0.15) is 0 Å². The van der Waals surface area contributed by atoms with E-state index in [2.05, 4.69) is 0 Å². The van der Waals surface area contributed by atoms with Crippen LogP contribution in [0.15, 0.2) is 0 Å². The largest absolute Gasteiger partial charge is 0.379 e. The van der Waals surface area contributed by atoms with Gasteiger partial charge in [0, 0.05) is 0 Å². The van der Waals surface area contributed by atoms with Crippen molar-refractivity contribution in [1.29, 1.82) is 0 Å². The molecule has 2 N–H and O–H groups in total. The third-order valence-electron chi connectivity index (χ3n) is 0.0598. The van der Waals surface area contributed by atoms with Crippen molar-refractivity contribution in [2.75, 3.05) is 6.73 Å². The molecule has 0 aliphatic rings. The van der Waals surface area contributed by atoms with Gasteiger partial charge in [-0.25, -0.2) is 0 Å². The van der Waals surface area contributed by atoms with E-state index in [1.807, 2.05) is 0 Å². The summed E-state index contributed by atoms with van der Waals surface area (Å²) in [6.45, 7) is -0.597. The molecule has 0 spiro atoms. The summed E-state index contributed by atoms with van der Waals surface area (Å²) < 4.78 is 10.2. The lowest BCUT2D eigenvalue weighted by atomic mass is 11.4. The topological polar surface area (TPSA) is 32.3 Å². The fourth-order valence-corrected chi connectivity index (χ4v) is 0. The van der Waals surface area contributed by atoms with E-state index in [0.29, 0.717) is 0 Å². The van der Waals surface area contributed by atoms with Crippen LogP contribution in [0.2, 0.25) is 0 Å². The Bertz CT molecular complexity index is 10.0. The van der Waals surface area contributed by atoms with E-state index in [1.54, 1.807) is 0 Å². The van der Waals surface area contributed by atoms with E-state index in [1.165, 1.54) is 0 Å². The summed E-state index contributed by atoms with van der Waals surface area (Å²) in [5.74, 6) is 0. The van der Waals surface area contributed by atoms with Crippen LogP contribution in [0.5, 0.6) is 0 Å². The van der Waals surface area contributed by atoms with E-state index in [9.17, 15) is 4.48 Å². The summed E-state index contributed by atoms with van der Waals surface area (Å²) in [6.07, 6.45) is 0. The van der Waals surface area contributed by atoms with Gasteiger partial charge in [-0.15, -0.1) is 10.0 Å². The molecule has 0 amide bonds. The average molecular weight is 65.0 g/mol. The number of aliphatic hydroxyl groups is 1. The third-order valence-corrected chi connectivity index (χ3v) is 0.0598. The summed E-state index contributed by atoms with van der Waals surface area (Å²) in [6, 6.07) is 0. The minimum atomic E-state index is -0.597. The van der Waals surface area contributed by atoms with E-state index >= 15 is 0 Å². The van der Waals surface area contributed by atoms with Gasteiger partial charge in [0.25, 0.3) is 0 Å². The minimum Gasteiger partial charge on any atom is -0.379 e. The van der Waals surface area contributed by atoms with E-state index in [-0.39, 0.29) is 0 Å². The van der Waals surface area contributed by atoms with Crippen LogP contribution in [0.25, 0.3) is 0 Å². The van der Waals surface area contributed by atoms with Crippen molar-refractivity contribution in [2.24, 2.45) is 0 Å². The number of rotatable bonds is 1. The Morgan fingerprint density at radius 3 is 2.25 bits per heavy atom. The van der Waals surface area contributed by atoms with E-state index in [4.69, 9.17) is 5.11 Å². The lowest BCUT2D eigenvalue weighted by Crippen LogP contribution is -1.97. The molecule has 4 heavy (non-hydrogen) atoms. The second kappa shape index (κ2) is 2.85. The van der Waals surface area contributed by atoms with Crippen molar-refractivity contribution in [1.82, 2.24) is 5.54 Å². The smallest absolute Gasteiger partial charge is 0.120 e. The molecule has 0 radical (unpaired) electrons. The molecule has 0 aromatic heterocycles. The predicted octanol–water partition coefficient (Wildman–Crippen LogP) is -0.590. The van der Waals surface area contributed by atoms with Crippen LogP contribution in [0, 0.1) is 0 Å². The summed E-state index contributed by atoms with van der Waals surface area (Å²) in [5, 5.41) is 7.39. The molecular formula is CH4FNO. The van der Waals surface area contributed by atoms with Crippen LogP contribution in [0.4, 0.5) is 4.48 Å². The number of hydrogen-bond acceptors (Lipinski definition) is 2. The highest BCUT2D eigenvalue weighted by Crippen LogP contribution is 1.37. The average Bonchev–Trinajstić information content (AvgIpc) is 1.37. The predicted molar refractivity (Wildman–Crippen MR) is 11.3 cm³/mol. The second-order valence-corrected chi connectivity index (χ2v) is 0.292. The molecule has 0 unspecified atom stereocenters. The van der Waals surface area contributed by atoms with Crippen LogP contribution in [0.3, 0.4) is 0 Å². The first-order valence-corrected chi connectivity index (χ1v) is 0.859. The molecule has 0 aromatic carbocycles. The maximum absolute atomic E-state index is 10.2. The van der Waals surface area contributed by atoms with E-state index in [0.717, 1.165) is 5.54 Å². The van der Waals surface area contributed by atoms with Gasteiger partial charge < -0.3 is 5.11 Å². The van der Waals surface area contributed by atoms with Gasteiger partial charge in [0.1, 0.15) is 6.73 Å². The maximum Gasteiger partial charge on any atom is 0.120 e. The zero-order valence-electron chi connectivity index (χ0n) is 2.03. The Morgan fingerprint density at radius 2 is 2.25 bits per heavy atom. The van der Waals surface area contributed by atoms with Crippen molar-refractivity contribution in [2.45, 2.75) is 0 Å². The lowest BCUT2D eigenvalue weighted by Gasteiger charge is -1.70. The molecule has 26 valence electrons. The highest BCUT2D eigenvalue weighted by atomic mass is 19.2. The zero-order valence-corrected chi connectivity index (χ0v) is 2.03. The molecule has 3 heteroatoms. The molecule has 0 bridgehead atoms. The van der Waals surface area contributed by atoms with Crippen molar-refractivity contribution in [3.05, 3.63) is 0 Å². The number of aliphatic hydroxyl groups excluding tert-OH is 1. The molecule has 0 fully saturated rings. The van der Waals surface area contributed by atoms with Crippen molar-refractivity contribution in [3.8, 4) is 0 Å². The summed E-state index contributed by atoms with van der Waals surface area (Å²) in [5.41, 5.74) is 0.986. The minimum absolute atomic E-state index is 0.597. The van der Waals surface area contributed by atoms with Gasteiger partial charge in [-0.3, -0.25) is 0 Å². The Hall–Kier alpha value is -0.150. The molecule has 0 aliphatic heterocycles. The van der Waals surface area contributed by atoms with Crippen LogP contribution in [0.1, 0.15) is 0 Å². The highest BCUT2D eigenvalue weighted by molar-refractivity contribution is 3.85. The summed E-state index contributed by atoms with van der Waals surface area (Å²) >= 11 is 0. The Balaban J connectivity index is 1.97. The first-order valence-electron chi connectivity index (χ1n) is 0.859. The van der Waals surface area contributed by atoms with Crippen molar-refractivity contribution in [3.63, 3.8) is 0 Å². The fraction of sp³-hybridized carbons (Fsp3) is 1.00. The normalized spacial score (nSPS) is 7.50. The van der Waals surface area contributed by atoms with Crippen molar-refractivity contribution < 1.29 is 9.59 Å². The zero-order chi connectivity index (χ0) is 3.41. The molecule has 0 heterocycles. The van der Waals surface area contributed by atoms with Crippen LogP contribution >= 0.6 is 0 Å². The quantitative estimate of drug-likeness (QED) is 0.316. The van der Waals surface area contributed by atoms with Crippen LogP contribution in [-0.2, 0) is 0 Å². The van der Waals surface area contributed by atoms with Gasteiger partial charge >= 0.3 is 0 Å². The molecule has 0 saturated heterocycles. The monoisotopic (exact) mass is 65.0 g/mol. The van der Waals surface area contributed by atoms with Gasteiger partial charge in [-0.1, -0.05) is 0 Å². The molecule has 0 aliphatic carbocycles. The van der Waals surface area contributed by atoms with Crippen molar-refractivity contribution >= 4 is 0 Å². The summed E-state index contributed by atoms with van der Waals surface area (Å²) in [7, 11) is 0. The Labute approximate surface area is 23.2 Å². The fourth-order valence-electron chi connectivity index (χ4n) is 0. The SMILES string of the molecule is OCNF. The standard InChI is InChI=1S/CH4FNO/c2-3-1-4/h3-4H,1H2. The lowest BCUT2D eigenvalue weighted by molar-refractivity contribution is 0.168. The van der Waals surface area contributed by atoms with Crippen LogP contribution < -0.4 is 5.54 Å². The summed E-state index contributed by atoms with van der Waals surface area (Å²) in [4.78, 5) is 0. The number of halogens is 1. The molecule has 0 atom stereocenters. The highest BCUT2D eigenvalue weighted by Gasteiger charge is 1.55. The molecule has 0 saturated carbocycles. The Morgan fingerprint density at radius 1 is 2.00 bits per heavy atom. The van der Waals surface area contributed by atoms with Gasteiger partial charge in [-0.05, 0) is 0 Å². The molecule has 2 nitrogen and oxygen atoms in total. The molecule has 0 rings (SSSR count). The van der Waals surface area contributed by atoms with E-state index < -0.39 is 6.73 Å². The van der Waals surface area contributed by atoms with Gasteiger partial charge in [0.2, 0.25) is 0 Å². The number of hydrogen-bond donors (Lipinski definition) is 2.